The summed E-state index contributed by atoms with van der Waals surface area (Å²) in [4.78, 5) is 28.6. The molecule has 4 nitrogen and oxygen atoms in total. The van der Waals surface area contributed by atoms with Gasteiger partial charge in [0.1, 0.15) is 0 Å². The Morgan fingerprint density at radius 1 is 0.700 bits per heavy atom. The van der Waals surface area contributed by atoms with Crippen molar-refractivity contribution in [1.82, 2.24) is 0 Å². The van der Waals surface area contributed by atoms with E-state index in [-0.39, 0.29) is 39.4 Å². The Bertz CT molecular complexity index is 1130. The highest BCUT2D eigenvalue weighted by Crippen LogP contribution is 2.61. The summed E-state index contributed by atoms with van der Waals surface area (Å²) in [6, 6.07) is 19.4. The number of hydrogen-bond acceptors (Lipinski definition) is 3. The summed E-state index contributed by atoms with van der Waals surface area (Å²) in [5, 5.41) is 0.449. The van der Waals surface area contributed by atoms with Crippen LogP contribution in [0.2, 0.25) is 10.0 Å². The lowest BCUT2D eigenvalue weighted by Gasteiger charge is -2.45. The van der Waals surface area contributed by atoms with Gasteiger partial charge in [0, 0.05) is 11.8 Å². The van der Waals surface area contributed by atoms with Crippen LogP contribution in [-0.2, 0) is 9.59 Å². The first-order chi connectivity index (χ1) is 14.5. The Hall–Kier alpha value is -2.82. The van der Waals surface area contributed by atoms with Crippen LogP contribution in [0.25, 0.3) is 0 Å². The molecule has 7 rings (SSSR count). The molecule has 2 amide bonds. The van der Waals surface area contributed by atoms with E-state index in [0.717, 1.165) is 22.3 Å². The Balaban J connectivity index is 1.56. The number of carbonyl (C=O) groups excluding carboxylic acids is 2. The van der Waals surface area contributed by atoms with Gasteiger partial charge in [0.2, 0.25) is 11.8 Å². The number of nitrogens with zero attached hydrogens (tertiary/aromatic N) is 1. The number of nitrogens with two attached hydrogens (primary N) is 1. The van der Waals surface area contributed by atoms with Gasteiger partial charge in [0.25, 0.3) is 0 Å². The Kier molecular flexibility index (Phi) is 3.66. The highest BCUT2D eigenvalue weighted by Gasteiger charge is 2.61. The van der Waals surface area contributed by atoms with E-state index in [4.69, 9.17) is 28.9 Å². The quantitative estimate of drug-likeness (QED) is 0.434. The van der Waals surface area contributed by atoms with Gasteiger partial charge < -0.3 is 5.73 Å². The zero-order valence-corrected chi connectivity index (χ0v) is 17.2. The van der Waals surface area contributed by atoms with Crippen LogP contribution < -0.4 is 10.6 Å². The van der Waals surface area contributed by atoms with Gasteiger partial charge in [-0.3, -0.25) is 9.59 Å². The molecule has 2 atom stereocenters. The second-order valence-corrected chi connectivity index (χ2v) is 8.91. The molecule has 6 heteroatoms. The molecule has 3 aromatic rings. The van der Waals surface area contributed by atoms with E-state index in [2.05, 4.69) is 24.3 Å². The average Bonchev–Trinajstić information content (AvgIpc) is 3.02. The van der Waals surface area contributed by atoms with Crippen molar-refractivity contribution in [3.63, 3.8) is 0 Å². The maximum absolute atomic E-state index is 13.7. The third-order valence-corrected chi connectivity index (χ3v) is 7.40. The molecule has 1 fully saturated rings. The molecule has 0 unspecified atom stereocenters. The number of anilines is 2. The number of carbonyl (C=O) groups is 2. The minimum absolute atomic E-state index is 0.145. The minimum Gasteiger partial charge on any atom is -0.396 e. The maximum Gasteiger partial charge on any atom is 0.238 e. The smallest absolute Gasteiger partial charge is 0.238 e. The van der Waals surface area contributed by atoms with Crippen LogP contribution in [0.15, 0.2) is 60.7 Å². The Morgan fingerprint density at radius 2 is 1.07 bits per heavy atom. The summed E-state index contributed by atoms with van der Waals surface area (Å²) < 4.78 is 0. The SMILES string of the molecule is Nc1c(Cl)cc(N2C(=O)[C@@H]3C4c5ccccc5C(c5ccccc54)[C@H]3C2=O)cc1Cl. The number of benzene rings is 3. The van der Waals surface area contributed by atoms with Crippen LogP contribution in [0.3, 0.4) is 0 Å². The third kappa shape index (κ3) is 2.13. The standard InChI is InChI=1S/C24H16Cl2N2O2/c25-16-9-11(10-17(26)22(16)27)28-23(29)20-18-12-5-1-2-6-13(12)19(21(20)24(28)30)15-8-4-3-7-14(15)18/h1-10,18-21H,27H2/t18?,19?,20-,21-/m1/s1. The monoisotopic (exact) mass is 434 g/mol. The highest BCUT2D eigenvalue weighted by molar-refractivity contribution is 6.39. The molecule has 0 aromatic heterocycles. The van der Waals surface area contributed by atoms with E-state index in [1.54, 1.807) is 0 Å². The predicted molar refractivity (Wildman–Crippen MR) is 117 cm³/mol. The Labute approximate surface area is 183 Å². The van der Waals surface area contributed by atoms with Gasteiger partial charge in [-0.25, -0.2) is 4.90 Å². The first kappa shape index (κ1) is 18.0. The van der Waals surface area contributed by atoms with Gasteiger partial charge in [0.15, 0.2) is 0 Å². The van der Waals surface area contributed by atoms with Crippen molar-refractivity contribution in [3.8, 4) is 0 Å². The number of nitrogen functional groups attached to an aromatic ring is 1. The molecule has 3 aromatic carbocycles. The lowest BCUT2D eigenvalue weighted by Crippen LogP contribution is -2.41. The van der Waals surface area contributed by atoms with Crippen LogP contribution >= 0.6 is 23.2 Å². The summed E-state index contributed by atoms with van der Waals surface area (Å²) in [5.74, 6) is -1.59. The van der Waals surface area contributed by atoms with E-state index in [1.807, 2.05) is 24.3 Å². The summed E-state index contributed by atoms with van der Waals surface area (Å²) >= 11 is 12.4. The molecule has 2 bridgehead atoms. The predicted octanol–water partition coefficient (Wildman–Crippen LogP) is 4.97. The first-order valence-electron chi connectivity index (χ1n) is 9.79. The van der Waals surface area contributed by atoms with Gasteiger partial charge in [-0.2, -0.15) is 0 Å². The normalized spacial score (nSPS) is 25.9. The van der Waals surface area contributed by atoms with Gasteiger partial charge in [0.05, 0.1) is 33.3 Å². The van der Waals surface area contributed by atoms with Crippen molar-refractivity contribution in [3.05, 3.63) is 93.0 Å². The van der Waals surface area contributed by atoms with Crippen molar-refractivity contribution in [1.29, 1.82) is 0 Å². The average molecular weight is 435 g/mol. The van der Waals surface area contributed by atoms with Crippen molar-refractivity contribution >= 4 is 46.4 Å². The Morgan fingerprint density at radius 3 is 1.43 bits per heavy atom. The van der Waals surface area contributed by atoms with Crippen molar-refractivity contribution in [2.24, 2.45) is 11.8 Å². The first-order valence-corrected chi connectivity index (χ1v) is 10.5. The second kappa shape index (κ2) is 6.10. The lowest BCUT2D eigenvalue weighted by molar-refractivity contribution is -0.122. The van der Waals surface area contributed by atoms with Gasteiger partial charge in [-0.05, 0) is 34.4 Å². The third-order valence-electron chi connectivity index (χ3n) is 6.77. The van der Waals surface area contributed by atoms with Crippen LogP contribution in [0, 0.1) is 11.8 Å². The zero-order chi connectivity index (χ0) is 20.7. The molecule has 148 valence electrons. The number of imide groups is 1. The zero-order valence-electron chi connectivity index (χ0n) is 15.7. The summed E-state index contributed by atoms with van der Waals surface area (Å²) in [7, 11) is 0. The van der Waals surface area contributed by atoms with E-state index < -0.39 is 11.8 Å². The lowest BCUT2D eigenvalue weighted by atomic mass is 9.55. The molecular formula is C24H16Cl2N2O2. The van der Waals surface area contributed by atoms with Crippen LogP contribution in [0.4, 0.5) is 11.4 Å². The topological polar surface area (TPSA) is 63.4 Å². The largest absolute Gasteiger partial charge is 0.396 e. The molecule has 0 spiro atoms. The van der Waals surface area contributed by atoms with E-state index in [1.165, 1.54) is 17.0 Å². The molecule has 4 aliphatic rings. The molecule has 1 aliphatic heterocycles. The molecule has 2 N–H and O–H groups in total. The molecule has 1 heterocycles. The second-order valence-electron chi connectivity index (χ2n) is 8.10. The van der Waals surface area contributed by atoms with Crippen LogP contribution in [-0.4, -0.2) is 11.8 Å². The number of rotatable bonds is 1. The van der Waals surface area contributed by atoms with Crippen LogP contribution in [0.1, 0.15) is 34.1 Å². The van der Waals surface area contributed by atoms with E-state index >= 15 is 0 Å². The molecule has 30 heavy (non-hydrogen) atoms. The van der Waals surface area contributed by atoms with E-state index in [0.29, 0.717) is 5.69 Å². The number of amides is 2. The van der Waals surface area contributed by atoms with Gasteiger partial charge in [-0.15, -0.1) is 0 Å². The number of halogens is 2. The maximum atomic E-state index is 13.7. The molecule has 1 saturated heterocycles. The van der Waals surface area contributed by atoms with E-state index in [9.17, 15) is 9.59 Å². The van der Waals surface area contributed by atoms with Crippen LogP contribution in [0.5, 0.6) is 0 Å². The molecule has 0 radical (unpaired) electrons. The van der Waals surface area contributed by atoms with Crippen molar-refractivity contribution in [2.75, 3.05) is 10.6 Å². The summed E-state index contributed by atoms with van der Waals surface area (Å²) in [6.07, 6.45) is 0. The fourth-order valence-electron chi connectivity index (χ4n) is 5.63. The fraction of sp³-hybridized carbons (Fsp3) is 0.167. The summed E-state index contributed by atoms with van der Waals surface area (Å²) in [6.45, 7) is 0. The number of hydrogen-bond donors (Lipinski definition) is 1. The molecular weight excluding hydrogens is 419 g/mol. The van der Waals surface area contributed by atoms with Crippen molar-refractivity contribution in [2.45, 2.75) is 11.8 Å². The summed E-state index contributed by atoms with van der Waals surface area (Å²) in [5.41, 5.74) is 11.0. The van der Waals surface area contributed by atoms with Crippen molar-refractivity contribution < 1.29 is 9.59 Å². The minimum atomic E-state index is -0.442. The van der Waals surface area contributed by atoms with Gasteiger partial charge in [-0.1, -0.05) is 71.7 Å². The molecule has 3 aliphatic carbocycles. The molecule has 0 saturated carbocycles. The highest BCUT2D eigenvalue weighted by atomic mass is 35.5. The van der Waals surface area contributed by atoms with Gasteiger partial charge >= 0.3 is 0 Å². The fourth-order valence-corrected chi connectivity index (χ4v) is 6.11.